The lowest BCUT2D eigenvalue weighted by molar-refractivity contribution is -0.133. The molecule has 0 atom stereocenters. The van der Waals surface area contributed by atoms with Crippen LogP contribution in [0, 0.1) is 3.57 Å². The maximum atomic E-state index is 10.6. The summed E-state index contributed by atoms with van der Waals surface area (Å²) < 4.78 is 3.82. The molecule has 1 heterocycles. The Morgan fingerprint density at radius 2 is 2.26 bits per heavy atom. The number of aliphatic carboxylic acids is 1. The van der Waals surface area contributed by atoms with Crippen molar-refractivity contribution in [1.82, 2.24) is 14.8 Å². The SMILES string of the molecule is Cn1c(SCC(=O)O)nnc1-c1cc(I)ccc1Br. The highest BCUT2D eigenvalue weighted by molar-refractivity contribution is 14.1. The lowest BCUT2D eigenvalue weighted by Crippen LogP contribution is -2.01. The molecule has 0 bridgehead atoms. The van der Waals surface area contributed by atoms with Crippen molar-refractivity contribution in [2.24, 2.45) is 7.05 Å². The monoisotopic (exact) mass is 453 g/mol. The first-order chi connectivity index (χ1) is 8.99. The van der Waals surface area contributed by atoms with Gasteiger partial charge in [0.15, 0.2) is 11.0 Å². The molecule has 0 unspecified atom stereocenters. The van der Waals surface area contributed by atoms with E-state index in [-0.39, 0.29) is 5.75 Å². The minimum atomic E-state index is -0.870. The molecule has 5 nitrogen and oxygen atoms in total. The Bertz CT molecular complexity index is 632. The fourth-order valence-corrected chi connectivity index (χ4v) is 3.02. The minimum Gasteiger partial charge on any atom is -0.481 e. The molecule has 1 aromatic heterocycles. The van der Waals surface area contributed by atoms with Gasteiger partial charge in [-0.25, -0.2) is 0 Å². The van der Waals surface area contributed by atoms with Gasteiger partial charge in [-0.15, -0.1) is 10.2 Å². The van der Waals surface area contributed by atoms with E-state index in [9.17, 15) is 4.79 Å². The van der Waals surface area contributed by atoms with Crippen LogP contribution in [-0.2, 0) is 11.8 Å². The van der Waals surface area contributed by atoms with Crippen molar-refractivity contribution in [1.29, 1.82) is 0 Å². The molecule has 1 N–H and O–H groups in total. The first kappa shape index (κ1) is 14.8. The molecule has 0 aliphatic heterocycles. The van der Waals surface area contributed by atoms with Gasteiger partial charge in [0, 0.05) is 20.7 Å². The van der Waals surface area contributed by atoms with Crippen LogP contribution >= 0.6 is 50.3 Å². The zero-order chi connectivity index (χ0) is 14.0. The topological polar surface area (TPSA) is 68.0 Å². The van der Waals surface area contributed by atoms with E-state index in [1.807, 2.05) is 25.2 Å². The summed E-state index contributed by atoms with van der Waals surface area (Å²) in [7, 11) is 1.83. The highest BCUT2D eigenvalue weighted by atomic mass is 127. The summed E-state index contributed by atoms with van der Waals surface area (Å²) in [4.78, 5) is 10.6. The summed E-state index contributed by atoms with van der Waals surface area (Å²) in [6.45, 7) is 0. The number of carboxylic acid groups (broad SMARTS) is 1. The van der Waals surface area contributed by atoms with Gasteiger partial charge in [0.05, 0.1) is 5.75 Å². The van der Waals surface area contributed by atoms with E-state index in [0.29, 0.717) is 11.0 Å². The van der Waals surface area contributed by atoms with Gasteiger partial charge in [-0.2, -0.15) is 0 Å². The maximum absolute atomic E-state index is 10.6. The molecule has 8 heteroatoms. The van der Waals surface area contributed by atoms with Gasteiger partial charge < -0.3 is 9.67 Å². The molecule has 1 aromatic carbocycles. The first-order valence-electron chi connectivity index (χ1n) is 5.18. The Morgan fingerprint density at radius 1 is 1.53 bits per heavy atom. The first-order valence-corrected chi connectivity index (χ1v) is 8.04. The van der Waals surface area contributed by atoms with Crippen molar-refractivity contribution in [3.8, 4) is 11.4 Å². The second kappa shape index (κ2) is 6.23. The molecular formula is C11H9BrIN3O2S. The number of nitrogens with zero attached hydrogens (tertiary/aromatic N) is 3. The molecule has 2 aromatic rings. The van der Waals surface area contributed by atoms with Gasteiger partial charge in [0.25, 0.3) is 0 Å². The molecule has 0 radical (unpaired) electrons. The number of rotatable bonds is 4. The Hall–Kier alpha value is -0.610. The molecule has 0 saturated carbocycles. The number of carbonyl (C=O) groups is 1. The standard InChI is InChI=1S/C11H9BrIN3O2S/c1-16-10(7-4-6(13)2-3-8(7)12)14-15-11(16)19-5-9(17)18/h2-4H,5H2,1H3,(H,17,18). The maximum Gasteiger partial charge on any atom is 0.313 e. The Morgan fingerprint density at radius 3 is 2.95 bits per heavy atom. The lowest BCUT2D eigenvalue weighted by Gasteiger charge is -2.05. The highest BCUT2D eigenvalue weighted by Gasteiger charge is 2.14. The lowest BCUT2D eigenvalue weighted by atomic mass is 10.2. The second-order valence-corrected chi connectivity index (χ2v) is 6.71. The zero-order valence-electron chi connectivity index (χ0n) is 9.80. The molecule has 0 aliphatic carbocycles. The van der Waals surface area contributed by atoms with E-state index in [1.165, 1.54) is 0 Å². The molecule has 0 fully saturated rings. The summed E-state index contributed by atoms with van der Waals surface area (Å²) in [5.74, 6) is -0.192. The van der Waals surface area contributed by atoms with Crippen LogP contribution in [-0.4, -0.2) is 31.6 Å². The van der Waals surface area contributed by atoms with Crippen LogP contribution in [0.2, 0.25) is 0 Å². The Kier molecular flexibility index (Phi) is 4.85. The third kappa shape index (κ3) is 3.48. The van der Waals surface area contributed by atoms with Crippen LogP contribution in [0.1, 0.15) is 0 Å². The summed E-state index contributed by atoms with van der Waals surface area (Å²) in [6, 6.07) is 5.95. The number of halogens is 2. The zero-order valence-corrected chi connectivity index (χ0v) is 14.4. The van der Waals surface area contributed by atoms with E-state index >= 15 is 0 Å². The van der Waals surface area contributed by atoms with Gasteiger partial charge in [0.1, 0.15) is 0 Å². The molecule has 2 rings (SSSR count). The average molecular weight is 454 g/mol. The van der Waals surface area contributed by atoms with Gasteiger partial charge in [0.2, 0.25) is 0 Å². The van der Waals surface area contributed by atoms with Crippen LogP contribution in [0.15, 0.2) is 27.8 Å². The molecule has 19 heavy (non-hydrogen) atoms. The number of thioether (sulfide) groups is 1. The molecule has 0 aliphatic rings. The summed E-state index contributed by atoms with van der Waals surface area (Å²) >= 11 is 6.87. The Balaban J connectivity index is 2.36. The third-order valence-corrected chi connectivity index (χ3v) is 4.70. The van der Waals surface area contributed by atoms with E-state index in [1.54, 1.807) is 4.57 Å². The van der Waals surface area contributed by atoms with Crippen LogP contribution in [0.25, 0.3) is 11.4 Å². The smallest absolute Gasteiger partial charge is 0.313 e. The fourth-order valence-electron chi connectivity index (χ4n) is 1.47. The third-order valence-electron chi connectivity index (χ3n) is 2.33. The van der Waals surface area contributed by atoms with E-state index in [2.05, 4.69) is 48.7 Å². The van der Waals surface area contributed by atoms with Crippen molar-refractivity contribution in [2.45, 2.75) is 5.16 Å². The van der Waals surface area contributed by atoms with E-state index in [0.717, 1.165) is 25.4 Å². The number of aromatic nitrogens is 3. The summed E-state index contributed by atoms with van der Waals surface area (Å²) in [5.41, 5.74) is 0.934. The molecule has 0 amide bonds. The normalized spacial score (nSPS) is 10.7. The van der Waals surface area contributed by atoms with Crippen LogP contribution < -0.4 is 0 Å². The van der Waals surface area contributed by atoms with Crippen LogP contribution in [0.5, 0.6) is 0 Å². The van der Waals surface area contributed by atoms with E-state index in [4.69, 9.17) is 5.11 Å². The molecular weight excluding hydrogens is 445 g/mol. The molecule has 0 saturated heterocycles. The predicted octanol–water partition coefficient (Wildman–Crippen LogP) is 3.03. The summed E-state index contributed by atoms with van der Waals surface area (Å²) in [6.07, 6.45) is 0. The van der Waals surface area contributed by atoms with Crippen molar-refractivity contribution >= 4 is 56.3 Å². The van der Waals surface area contributed by atoms with Crippen LogP contribution in [0.3, 0.4) is 0 Å². The number of hydrogen-bond donors (Lipinski definition) is 1. The second-order valence-electron chi connectivity index (χ2n) is 3.67. The van der Waals surface area contributed by atoms with Crippen molar-refractivity contribution < 1.29 is 9.90 Å². The van der Waals surface area contributed by atoms with E-state index < -0.39 is 5.97 Å². The largest absolute Gasteiger partial charge is 0.481 e. The fraction of sp³-hybridized carbons (Fsp3) is 0.182. The van der Waals surface area contributed by atoms with Gasteiger partial charge in [-0.05, 0) is 40.8 Å². The summed E-state index contributed by atoms with van der Waals surface area (Å²) in [5, 5.41) is 17.4. The average Bonchev–Trinajstić information content (AvgIpc) is 2.71. The predicted molar refractivity (Wildman–Crippen MR) is 85.2 cm³/mol. The number of carboxylic acids is 1. The number of hydrogen-bond acceptors (Lipinski definition) is 4. The van der Waals surface area contributed by atoms with Crippen LogP contribution in [0.4, 0.5) is 0 Å². The van der Waals surface area contributed by atoms with Crippen molar-refractivity contribution in [3.05, 3.63) is 26.2 Å². The van der Waals surface area contributed by atoms with Crippen molar-refractivity contribution in [3.63, 3.8) is 0 Å². The molecule has 0 spiro atoms. The van der Waals surface area contributed by atoms with Gasteiger partial charge in [-0.1, -0.05) is 27.7 Å². The quantitative estimate of drug-likeness (QED) is 0.569. The number of benzene rings is 1. The highest BCUT2D eigenvalue weighted by Crippen LogP contribution is 2.30. The Labute approximate surface area is 136 Å². The van der Waals surface area contributed by atoms with Gasteiger partial charge >= 0.3 is 5.97 Å². The van der Waals surface area contributed by atoms with Gasteiger partial charge in [-0.3, -0.25) is 4.79 Å². The minimum absolute atomic E-state index is 0.0283. The van der Waals surface area contributed by atoms with Crippen molar-refractivity contribution in [2.75, 3.05) is 5.75 Å². The molecule has 100 valence electrons.